The molecule has 0 bridgehead atoms. The van der Waals surface area contributed by atoms with Crippen molar-refractivity contribution in [2.24, 2.45) is 0 Å². The Balaban J connectivity index is 2.04. The van der Waals surface area contributed by atoms with Crippen molar-refractivity contribution in [3.8, 4) is 5.75 Å². The molecule has 0 aliphatic heterocycles. The van der Waals surface area contributed by atoms with Gasteiger partial charge in [0.25, 0.3) is 0 Å². The van der Waals surface area contributed by atoms with E-state index >= 15 is 0 Å². The van der Waals surface area contributed by atoms with Gasteiger partial charge >= 0.3 is 0 Å². The molecular formula is C15H14Cl2O. The first-order chi connectivity index (χ1) is 8.69. The summed E-state index contributed by atoms with van der Waals surface area (Å²) in [5, 5.41) is 0.597. The third-order valence-corrected chi connectivity index (χ3v) is 3.27. The molecule has 0 atom stereocenters. The number of hydrogen-bond donors (Lipinski definition) is 0. The summed E-state index contributed by atoms with van der Waals surface area (Å²) in [5.41, 5.74) is 3.35. The molecule has 18 heavy (non-hydrogen) atoms. The van der Waals surface area contributed by atoms with Crippen molar-refractivity contribution in [1.82, 2.24) is 0 Å². The van der Waals surface area contributed by atoms with Crippen LogP contribution in [0.2, 0.25) is 5.02 Å². The molecule has 2 aromatic carbocycles. The highest BCUT2D eigenvalue weighted by Crippen LogP contribution is 2.26. The first kappa shape index (κ1) is 13.3. The molecule has 1 nitrogen and oxygen atoms in total. The van der Waals surface area contributed by atoms with Gasteiger partial charge in [0.1, 0.15) is 12.4 Å². The third kappa shape index (κ3) is 3.41. The molecule has 0 unspecified atom stereocenters. The standard InChI is InChI=1S/C15H14Cl2O/c1-11-2-4-12(5-3-11)10-18-15-7-6-13(9-16)8-14(15)17/h2-8H,9-10H2,1H3. The Bertz CT molecular complexity index is 521. The van der Waals surface area contributed by atoms with Gasteiger partial charge in [-0.3, -0.25) is 0 Å². The molecule has 0 amide bonds. The molecule has 0 aromatic heterocycles. The molecule has 94 valence electrons. The smallest absolute Gasteiger partial charge is 0.138 e. The second-order valence-electron chi connectivity index (χ2n) is 4.17. The Morgan fingerprint density at radius 1 is 1.00 bits per heavy atom. The summed E-state index contributed by atoms with van der Waals surface area (Å²) in [4.78, 5) is 0. The molecule has 0 aliphatic rings. The fourth-order valence-corrected chi connectivity index (χ4v) is 2.01. The van der Waals surface area contributed by atoms with E-state index in [2.05, 4.69) is 31.2 Å². The highest BCUT2D eigenvalue weighted by atomic mass is 35.5. The number of benzene rings is 2. The minimum absolute atomic E-state index is 0.456. The lowest BCUT2D eigenvalue weighted by Crippen LogP contribution is -1.96. The van der Waals surface area contributed by atoms with E-state index in [0.717, 1.165) is 11.1 Å². The Labute approximate surface area is 117 Å². The van der Waals surface area contributed by atoms with E-state index in [4.69, 9.17) is 27.9 Å². The Hall–Kier alpha value is -1.18. The Morgan fingerprint density at radius 2 is 1.67 bits per heavy atom. The highest BCUT2D eigenvalue weighted by molar-refractivity contribution is 6.32. The van der Waals surface area contributed by atoms with E-state index in [9.17, 15) is 0 Å². The largest absolute Gasteiger partial charge is 0.487 e. The number of halogens is 2. The zero-order chi connectivity index (χ0) is 13.0. The van der Waals surface area contributed by atoms with Crippen molar-refractivity contribution in [2.75, 3.05) is 0 Å². The van der Waals surface area contributed by atoms with Crippen LogP contribution < -0.4 is 4.74 Å². The van der Waals surface area contributed by atoms with Gasteiger partial charge in [-0.05, 0) is 30.2 Å². The SMILES string of the molecule is Cc1ccc(COc2ccc(CCl)cc2Cl)cc1. The number of rotatable bonds is 4. The van der Waals surface area contributed by atoms with Gasteiger partial charge in [0.15, 0.2) is 0 Å². The van der Waals surface area contributed by atoms with Crippen LogP contribution in [-0.2, 0) is 12.5 Å². The second-order valence-corrected chi connectivity index (χ2v) is 4.85. The Kier molecular flexibility index (Phi) is 4.51. The van der Waals surface area contributed by atoms with Crippen LogP contribution in [0, 0.1) is 6.92 Å². The minimum atomic E-state index is 0.456. The summed E-state index contributed by atoms with van der Waals surface area (Å²) in [6.07, 6.45) is 0. The lowest BCUT2D eigenvalue weighted by Gasteiger charge is -2.09. The van der Waals surface area contributed by atoms with Crippen molar-refractivity contribution in [3.05, 3.63) is 64.2 Å². The molecule has 0 spiro atoms. The monoisotopic (exact) mass is 280 g/mol. The molecule has 2 rings (SSSR count). The van der Waals surface area contributed by atoms with E-state index in [1.807, 2.05) is 18.2 Å². The van der Waals surface area contributed by atoms with Crippen LogP contribution in [0.3, 0.4) is 0 Å². The van der Waals surface area contributed by atoms with Crippen LogP contribution in [0.5, 0.6) is 5.75 Å². The minimum Gasteiger partial charge on any atom is -0.487 e. The molecule has 0 aliphatic carbocycles. The van der Waals surface area contributed by atoms with Crippen molar-refractivity contribution in [2.45, 2.75) is 19.4 Å². The van der Waals surface area contributed by atoms with Crippen LogP contribution >= 0.6 is 23.2 Å². The van der Waals surface area contributed by atoms with Crippen molar-refractivity contribution in [1.29, 1.82) is 0 Å². The maximum absolute atomic E-state index is 6.12. The number of ether oxygens (including phenoxy) is 1. The quantitative estimate of drug-likeness (QED) is 0.719. The van der Waals surface area contributed by atoms with Gasteiger partial charge in [-0.15, -0.1) is 11.6 Å². The molecule has 0 N–H and O–H groups in total. The molecule has 0 fully saturated rings. The predicted octanol–water partition coefficient (Wildman–Crippen LogP) is 4.97. The molecule has 0 heterocycles. The average molecular weight is 281 g/mol. The summed E-state index contributed by atoms with van der Waals surface area (Å²) in [6.45, 7) is 2.58. The first-order valence-electron chi connectivity index (χ1n) is 5.72. The van der Waals surface area contributed by atoms with Crippen LogP contribution in [0.15, 0.2) is 42.5 Å². The molecule has 2 aromatic rings. The van der Waals surface area contributed by atoms with Gasteiger partial charge < -0.3 is 4.74 Å². The van der Waals surface area contributed by atoms with Gasteiger partial charge in [-0.1, -0.05) is 47.5 Å². The number of aryl methyl sites for hydroxylation is 1. The maximum Gasteiger partial charge on any atom is 0.138 e. The van der Waals surface area contributed by atoms with E-state index < -0.39 is 0 Å². The van der Waals surface area contributed by atoms with Crippen LogP contribution in [0.25, 0.3) is 0 Å². The van der Waals surface area contributed by atoms with Crippen LogP contribution in [0.4, 0.5) is 0 Å². The van der Waals surface area contributed by atoms with E-state index in [1.165, 1.54) is 5.56 Å². The van der Waals surface area contributed by atoms with Gasteiger partial charge in [-0.2, -0.15) is 0 Å². The fourth-order valence-electron chi connectivity index (χ4n) is 1.59. The summed E-state index contributed by atoms with van der Waals surface area (Å²) >= 11 is 11.9. The summed E-state index contributed by atoms with van der Waals surface area (Å²) in [7, 11) is 0. The first-order valence-corrected chi connectivity index (χ1v) is 6.63. The van der Waals surface area contributed by atoms with Crippen molar-refractivity contribution in [3.63, 3.8) is 0 Å². The van der Waals surface area contributed by atoms with Crippen molar-refractivity contribution < 1.29 is 4.74 Å². The average Bonchev–Trinajstić information content (AvgIpc) is 2.39. The lowest BCUT2D eigenvalue weighted by atomic mass is 10.2. The number of hydrogen-bond acceptors (Lipinski definition) is 1. The fraction of sp³-hybridized carbons (Fsp3) is 0.200. The lowest BCUT2D eigenvalue weighted by molar-refractivity contribution is 0.306. The van der Waals surface area contributed by atoms with E-state index in [1.54, 1.807) is 0 Å². The number of alkyl halides is 1. The molecule has 3 heteroatoms. The van der Waals surface area contributed by atoms with E-state index in [0.29, 0.717) is 23.3 Å². The molecule has 0 saturated carbocycles. The van der Waals surface area contributed by atoms with Crippen molar-refractivity contribution >= 4 is 23.2 Å². The maximum atomic E-state index is 6.12. The molecular weight excluding hydrogens is 267 g/mol. The Morgan fingerprint density at radius 3 is 2.28 bits per heavy atom. The van der Waals surface area contributed by atoms with Gasteiger partial charge in [0.05, 0.1) is 5.02 Å². The summed E-state index contributed by atoms with van der Waals surface area (Å²) in [6, 6.07) is 13.8. The van der Waals surface area contributed by atoms with Gasteiger partial charge in [0.2, 0.25) is 0 Å². The van der Waals surface area contributed by atoms with Crippen LogP contribution in [0.1, 0.15) is 16.7 Å². The normalized spacial score (nSPS) is 10.4. The highest BCUT2D eigenvalue weighted by Gasteiger charge is 2.03. The zero-order valence-corrected chi connectivity index (χ0v) is 11.6. The van der Waals surface area contributed by atoms with E-state index in [-0.39, 0.29) is 0 Å². The van der Waals surface area contributed by atoms with Gasteiger partial charge in [-0.25, -0.2) is 0 Å². The third-order valence-electron chi connectivity index (χ3n) is 2.67. The summed E-state index contributed by atoms with van der Waals surface area (Å²) in [5.74, 6) is 1.14. The predicted molar refractivity (Wildman–Crippen MR) is 76.5 cm³/mol. The second kappa shape index (κ2) is 6.12. The molecule has 0 saturated heterocycles. The topological polar surface area (TPSA) is 9.23 Å². The van der Waals surface area contributed by atoms with Gasteiger partial charge in [0, 0.05) is 5.88 Å². The summed E-state index contributed by atoms with van der Waals surface area (Å²) < 4.78 is 5.69. The zero-order valence-electron chi connectivity index (χ0n) is 10.1. The van der Waals surface area contributed by atoms with Crippen LogP contribution in [-0.4, -0.2) is 0 Å². The molecule has 0 radical (unpaired) electrons.